The third-order valence-electron chi connectivity index (χ3n) is 10.4. The smallest absolute Gasteiger partial charge is 0.132 e. The molecule has 1 nitrogen and oxygen atoms in total. The lowest BCUT2D eigenvalue weighted by Gasteiger charge is -2.19. The maximum Gasteiger partial charge on any atom is 0.132 e. The molecule has 0 N–H and O–H groups in total. The van der Waals surface area contributed by atoms with Crippen LogP contribution in [0.3, 0.4) is 0 Å². The third-order valence-corrected chi connectivity index (χ3v) is 10.4. The first-order valence-electron chi connectivity index (χ1n) is 17.1. The minimum atomic E-state index is 0.0597. The number of ether oxygens (including phenoxy) is 1. The molecule has 1 heterocycles. The SMILES string of the molecule is C1=CC2Oc3c(-c4cccc(-c5c6ccccc6c(-c6cccc(-c7ccc8ccccc8c7)c6)c6ccccc56)c4)cccc3C2C=C1. The van der Waals surface area contributed by atoms with Crippen LogP contribution in [0, 0.1) is 0 Å². The summed E-state index contributed by atoms with van der Waals surface area (Å²) in [5.74, 6) is 1.27. The molecule has 1 aliphatic carbocycles. The minimum absolute atomic E-state index is 0.0597. The second-order valence-electron chi connectivity index (χ2n) is 13.2. The van der Waals surface area contributed by atoms with Crippen LogP contribution in [-0.2, 0) is 0 Å². The molecule has 0 bridgehead atoms. The molecular weight excluding hydrogens is 593 g/mol. The third kappa shape index (κ3) is 4.54. The van der Waals surface area contributed by atoms with E-state index >= 15 is 0 Å². The van der Waals surface area contributed by atoms with E-state index < -0.39 is 0 Å². The monoisotopic (exact) mass is 624 g/mol. The van der Waals surface area contributed by atoms with Crippen LogP contribution in [0.5, 0.6) is 5.75 Å². The number of hydrogen-bond donors (Lipinski definition) is 0. The van der Waals surface area contributed by atoms with Gasteiger partial charge in [-0.3, -0.25) is 0 Å². The molecule has 2 unspecified atom stereocenters. The van der Waals surface area contributed by atoms with E-state index in [1.54, 1.807) is 0 Å². The Labute approximate surface area is 286 Å². The van der Waals surface area contributed by atoms with Gasteiger partial charge in [-0.1, -0.05) is 158 Å². The Hall–Kier alpha value is -6.18. The van der Waals surface area contributed by atoms with Crippen LogP contribution in [0.25, 0.3) is 76.8 Å². The van der Waals surface area contributed by atoms with Gasteiger partial charge in [0.25, 0.3) is 0 Å². The summed E-state index contributed by atoms with van der Waals surface area (Å²) < 4.78 is 6.57. The highest BCUT2D eigenvalue weighted by molar-refractivity contribution is 6.21. The molecule has 0 radical (unpaired) electrons. The molecule has 49 heavy (non-hydrogen) atoms. The highest BCUT2D eigenvalue weighted by Gasteiger charge is 2.33. The van der Waals surface area contributed by atoms with Crippen molar-refractivity contribution in [3.05, 3.63) is 188 Å². The van der Waals surface area contributed by atoms with Crippen LogP contribution in [0.1, 0.15) is 11.5 Å². The normalized spacial score (nSPS) is 16.2. The summed E-state index contributed by atoms with van der Waals surface area (Å²) in [6.07, 6.45) is 8.71. The van der Waals surface area contributed by atoms with Crippen molar-refractivity contribution in [2.45, 2.75) is 12.0 Å². The van der Waals surface area contributed by atoms with Crippen LogP contribution in [0.4, 0.5) is 0 Å². The van der Waals surface area contributed by atoms with Gasteiger partial charge in [0.1, 0.15) is 11.9 Å². The fourth-order valence-corrected chi connectivity index (χ4v) is 8.11. The van der Waals surface area contributed by atoms with Gasteiger partial charge < -0.3 is 4.74 Å². The van der Waals surface area contributed by atoms with Crippen molar-refractivity contribution in [2.75, 3.05) is 0 Å². The summed E-state index contributed by atoms with van der Waals surface area (Å²) in [5, 5.41) is 7.52. The van der Waals surface area contributed by atoms with Crippen molar-refractivity contribution in [1.82, 2.24) is 0 Å². The Bertz CT molecular complexity index is 2600. The standard InChI is InChI=1S/C48H32O/c1-2-13-32-28-34(27-26-31(32)12-1)33-14-9-16-36(29-33)46-40-19-3-5-21-42(40)47(43-22-6-4-20-41(43)46)37-17-10-15-35(30-37)38-23-11-24-44-39-18-7-8-25-45(39)49-48(38)44/h1-30,39,45H. The van der Waals surface area contributed by atoms with E-state index in [9.17, 15) is 0 Å². The van der Waals surface area contributed by atoms with Crippen LogP contribution in [-0.4, -0.2) is 6.10 Å². The average Bonchev–Trinajstić information content (AvgIpc) is 3.56. The fraction of sp³-hybridized carbons (Fsp3) is 0.0417. The molecule has 1 heteroatoms. The summed E-state index contributed by atoms with van der Waals surface area (Å²) in [6, 6.07) is 57.8. The molecule has 230 valence electrons. The first kappa shape index (κ1) is 27.9. The van der Waals surface area contributed by atoms with Gasteiger partial charge in [-0.05, 0) is 95.5 Å². The van der Waals surface area contributed by atoms with Gasteiger partial charge in [-0.25, -0.2) is 0 Å². The zero-order valence-electron chi connectivity index (χ0n) is 26.9. The molecule has 0 spiro atoms. The van der Waals surface area contributed by atoms with Crippen molar-refractivity contribution in [1.29, 1.82) is 0 Å². The molecule has 10 rings (SSSR count). The van der Waals surface area contributed by atoms with Gasteiger partial charge in [0.15, 0.2) is 0 Å². The molecule has 1 aliphatic heterocycles. The molecule has 2 atom stereocenters. The largest absolute Gasteiger partial charge is 0.484 e. The van der Waals surface area contributed by atoms with Gasteiger partial charge in [0.05, 0.1) is 0 Å². The second-order valence-corrected chi connectivity index (χ2v) is 13.2. The van der Waals surface area contributed by atoms with Crippen LogP contribution in [0.15, 0.2) is 182 Å². The molecule has 0 saturated heterocycles. The molecule has 2 aliphatic rings. The average molecular weight is 625 g/mol. The Morgan fingerprint density at radius 1 is 0.388 bits per heavy atom. The zero-order chi connectivity index (χ0) is 32.3. The van der Waals surface area contributed by atoms with E-state index in [4.69, 9.17) is 4.74 Å². The molecule has 8 aromatic rings. The number of benzene rings is 8. The summed E-state index contributed by atoms with van der Waals surface area (Å²) in [7, 11) is 0. The first-order chi connectivity index (χ1) is 24.3. The van der Waals surface area contributed by atoms with Crippen molar-refractivity contribution < 1.29 is 4.74 Å². The number of allylic oxidation sites excluding steroid dienone is 2. The van der Waals surface area contributed by atoms with E-state index in [1.807, 2.05) is 0 Å². The summed E-state index contributed by atoms with van der Waals surface area (Å²) >= 11 is 0. The Morgan fingerprint density at radius 2 is 0.939 bits per heavy atom. The maximum absolute atomic E-state index is 6.57. The van der Waals surface area contributed by atoms with Crippen LogP contribution >= 0.6 is 0 Å². The maximum atomic E-state index is 6.57. The number of fused-ring (bicyclic) bond motifs is 6. The van der Waals surface area contributed by atoms with E-state index in [0.717, 1.165) is 11.3 Å². The minimum Gasteiger partial charge on any atom is -0.484 e. The molecular formula is C48H32O. The van der Waals surface area contributed by atoms with Gasteiger partial charge in [-0.15, -0.1) is 0 Å². The Morgan fingerprint density at radius 3 is 1.65 bits per heavy atom. The van der Waals surface area contributed by atoms with Crippen LogP contribution < -0.4 is 4.74 Å². The lowest BCUT2D eigenvalue weighted by molar-refractivity contribution is 0.270. The summed E-state index contributed by atoms with van der Waals surface area (Å²) in [4.78, 5) is 0. The topological polar surface area (TPSA) is 9.23 Å². The van der Waals surface area contributed by atoms with Crippen molar-refractivity contribution >= 4 is 32.3 Å². The first-order valence-corrected chi connectivity index (χ1v) is 17.1. The summed E-state index contributed by atoms with van der Waals surface area (Å²) in [6.45, 7) is 0. The predicted molar refractivity (Wildman–Crippen MR) is 206 cm³/mol. The lowest BCUT2D eigenvalue weighted by Crippen LogP contribution is -2.15. The predicted octanol–water partition coefficient (Wildman–Crippen LogP) is 12.8. The highest BCUT2D eigenvalue weighted by Crippen LogP contribution is 2.48. The number of hydrogen-bond acceptors (Lipinski definition) is 1. The van der Waals surface area contributed by atoms with E-state index in [1.165, 1.54) is 76.8 Å². The molecule has 0 fully saturated rings. The van der Waals surface area contributed by atoms with Gasteiger partial charge in [0.2, 0.25) is 0 Å². The quantitative estimate of drug-likeness (QED) is 0.177. The number of para-hydroxylation sites is 1. The summed E-state index contributed by atoms with van der Waals surface area (Å²) in [5.41, 5.74) is 11.0. The lowest BCUT2D eigenvalue weighted by atomic mass is 9.84. The fourth-order valence-electron chi connectivity index (χ4n) is 8.11. The Kier molecular flexibility index (Phi) is 6.38. The number of rotatable bonds is 4. The van der Waals surface area contributed by atoms with Crippen molar-refractivity contribution in [3.8, 4) is 50.3 Å². The van der Waals surface area contributed by atoms with Crippen LogP contribution in [0.2, 0.25) is 0 Å². The van der Waals surface area contributed by atoms with Crippen molar-refractivity contribution in [2.24, 2.45) is 0 Å². The van der Waals surface area contributed by atoms with E-state index in [2.05, 4.69) is 182 Å². The van der Waals surface area contributed by atoms with Gasteiger partial charge in [0, 0.05) is 17.0 Å². The van der Waals surface area contributed by atoms with E-state index in [-0.39, 0.29) is 12.0 Å². The Balaban J connectivity index is 1.15. The van der Waals surface area contributed by atoms with Crippen molar-refractivity contribution in [3.63, 3.8) is 0 Å². The molecule has 0 aromatic heterocycles. The molecule has 8 aromatic carbocycles. The van der Waals surface area contributed by atoms with Gasteiger partial charge >= 0.3 is 0 Å². The van der Waals surface area contributed by atoms with Gasteiger partial charge in [-0.2, -0.15) is 0 Å². The second kappa shape index (κ2) is 11.2. The van der Waals surface area contributed by atoms with E-state index in [0.29, 0.717) is 0 Å². The molecule has 0 amide bonds. The molecule has 0 saturated carbocycles. The zero-order valence-corrected chi connectivity index (χ0v) is 26.9. The highest BCUT2D eigenvalue weighted by atomic mass is 16.5.